The molecule has 0 saturated carbocycles. The minimum atomic E-state index is -0.395. The number of carbonyl (C=O) groups is 2. The van der Waals surface area contributed by atoms with Crippen molar-refractivity contribution in [1.29, 1.82) is 0 Å². The molecule has 0 aliphatic rings. The minimum Gasteiger partial charge on any atom is -0.484 e. The second-order valence-corrected chi connectivity index (χ2v) is 6.57. The summed E-state index contributed by atoms with van der Waals surface area (Å²) in [5.74, 6) is -0.463. The molecule has 0 radical (unpaired) electrons. The molecule has 0 bridgehead atoms. The van der Waals surface area contributed by atoms with Crippen molar-refractivity contribution in [3.05, 3.63) is 102 Å². The number of rotatable bonds is 6. The summed E-state index contributed by atoms with van der Waals surface area (Å²) in [5.41, 5.74) is 2.29. The van der Waals surface area contributed by atoms with E-state index in [-0.39, 0.29) is 18.3 Å². The van der Waals surface area contributed by atoms with E-state index in [2.05, 4.69) is 10.3 Å². The topological polar surface area (TPSA) is 68.3 Å². The monoisotopic (exact) mass is 400 g/mol. The first-order chi connectivity index (χ1) is 14.6. The summed E-state index contributed by atoms with van der Waals surface area (Å²) in [5, 5.41) is 3.67. The van der Waals surface area contributed by atoms with Crippen LogP contribution in [0.3, 0.4) is 0 Å². The Morgan fingerprint density at radius 3 is 2.30 bits per heavy atom. The van der Waals surface area contributed by atoms with Crippen LogP contribution in [0.1, 0.15) is 15.9 Å². The van der Waals surface area contributed by atoms with E-state index in [0.29, 0.717) is 22.6 Å². The Balaban J connectivity index is 1.37. The first kappa shape index (κ1) is 19.3. The Labute approximate surface area is 172 Å². The lowest BCUT2D eigenvalue weighted by Gasteiger charge is -2.10. The number of carbonyl (C=O) groups excluding carboxylic acids is 2. The Bertz CT molecular complexity index is 1200. The first-order valence-corrected chi connectivity index (χ1v) is 9.27. The second-order valence-electron chi connectivity index (χ2n) is 6.57. The summed E-state index contributed by atoms with van der Waals surface area (Å²) in [7, 11) is 0. The number of ether oxygens (including phenoxy) is 1. The SMILES string of the molecule is O=C(COc1ccc(C(=O)c2ccc(F)cc2)cc1)Nc1cccc2ncccc12. The van der Waals surface area contributed by atoms with Gasteiger partial charge in [0.1, 0.15) is 11.6 Å². The van der Waals surface area contributed by atoms with Crippen molar-refractivity contribution in [2.75, 3.05) is 11.9 Å². The van der Waals surface area contributed by atoms with Gasteiger partial charge >= 0.3 is 0 Å². The van der Waals surface area contributed by atoms with Gasteiger partial charge in [0.15, 0.2) is 12.4 Å². The van der Waals surface area contributed by atoms with Gasteiger partial charge in [-0.05, 0) is 72.8 Å². The Morgan fingerprint density at radius 2 is 1.57 bits per heavy atom. The van der Waals surface area contributed by atoms with E-state index < -0.39 is 5.82 Å². The molecule has 0 saturated heterocycles. The molecule has 3 aromatic carbocycles. The standard InChI is InChI=1S/C24H17FN2O3/c25-18-10-6-16(7-11-18)24(29)17-8-12-19(13-9-17)30-15-23(28)27-22-5-1-4-21-20(22)3-2-14-26-21/h1-14H,15H2,(H,27,28). The van der Waals surface area contributed by atoms with Gasteiger partial charge < -0.3 is 10.1 Å². The molecule has 30 heavy (non-hydrogen) atoms. The second kappa shape index (κ2) is 8.53. The molecule has 6 heteroatoms. The molecule has 0 unspecified atom stereocenters. The van der Waals surface area contributed by atoms with Crippen molar-refractivity contribution in [3.63, 3.8) is 0 Å². The van der Waals surface area contributed by atoms with Gasteiger partial charge in [-0.15, -0.1) is 0 Å². The quantitative estimate of drug-likeness (QED) is 0.480. The normalized spacial score (nSPS) is 10.6. The van der Waals surface area contributed by atoms with E-state index in [1.807, 2.05) is 24.3 Å². The van der Waals surface area contributed by atoms with E-state index in [9.17, 15) is 14.0 Å². The van der Waals surface area contributed by atoms with Gasteiger partial charge in [0.2, 0.25) is 0 Å². The highest BCUT2D eigenvalue weighted by molar-refractivity contribution is 6.09. The van der Waals surface area contributed by atoms with Crippen LogP contribution >= 0.6 is 0 Å². The van der Waals surface area contributed by atoms with Crippen molar-refractivity contribution in [1.82, 2.24) is 4.98 Å². The van der Waals surface area contributed by atoms with Crippen LogP contribution < -0.4 is 10.1 Å². The first-order valence-electron chi connectivity index (χ1n) is 9.27. The molecule has 0 fully saturated rings. The lowest BCUT2D eigenvalue weighted by atomic mass is 10.0. The van der Waals surface area contributed by atoms with Gasteiger partial charge in [-0.1, -0.05) is 6.07 Å². The van der Waals surface area contributed by atoms with E-state index >= 15 is 0 Å². The number of anilines is 1. The minimum absolute atomic E-state index is 0.179. The Kier molecular flexibility index (Phi) is 5.48. The fraction of sp³-hybridized carbons (Fsp3) is 0.0417. The highest BCUT2D eigenvalue weighted by Gasteiger charge is 2.10. The summed E-state index contributed by atoms with van der Waals surface area (Å²) in [6.07, 6.45) is 1.70. The van der Waals surface area contributed by atoms with Crippen molar-refractivity contribution >= 4 is 28.3 Å². The Hall–Kier alpha value is -4.06. The van der Waals surface area contributed by atoms with Crippen molar-refractivity contribution in [3.8, 4) is 5.75 Å². The number of benzene rings is 3. The summed E-state index contributed by atoms with van der Waals surface area (Å²) < 4.78 is 18.5. The maximum Gasteiger partial charge on any atom is 0.262 e. The summed E-state index contributed by atoms with van der Waals surface area (Å²) in [4.78, 5) is 29.0. The molecule has 1 N–H and O–H groups in total. The third-order valence-corrected chi connectivity index (χ3v) is 4.51. The summed E-state index contributed by atoms with van der Waals surface area (Å²) >= 11 is 0. The van der Waals surface area contributed by atoms with Crippen LogP contribution in [0.2, 0.25) is 0 Å². The molecule has 4 rings (SSSR count). The highest BCUT2D eigenvalue weighted by atomic mass is 19.1. The van der Waals surface area contributed by atoms with Gasteiger partial charge in [0.05, 0.1) is 11.2 Å². The van der Waals surface area contributed by atoms with E-state index in [1.54, 1.807) is 36.5 Å². The van der Waals surface area contributed by atoms with Crippen LogP contribution in [0.4, 0.5) is 10.1 Å². The number of nitrogens with one attached hydrogen (secondary N) is 1. The summed E-state index contributed by atoms with van der Waals surface area (Å²) in [6, 6.07) is 21.0. The van der Waals surface area contributed by atoms with Crippen LogP contribution in [-0.2, 0) is 4.79 Å². The number of amides is 1. The Morgan fingerprint density at radius 1 is 0.867 bits per heavy atom. The molecule has 0 aliphatic carbocycles. The molecule has 0 spiro atoms. The van der Waals surface area contributed by atoms with Crippen LogP contribution in [0.25, 0.3) is 10.9 Å². The number of pyridine rings is 1. The van der Waals surface area contributed by atoms with E-state index in [4.69, 9.17) is 4.74 Å². The molecular weight excluding hydrogens is 383 g/mol. The number of aromatic nitrogens is 1. The average molecular weight is 400 g/mol. The van der Waals surface area contributed by atoms with Gasteiger partial charge in [-0.25, -0.2) is 4.39 Å². The van der Waals surface area contributed by atoms with Gasteiger partial charge in [0, 0.05) is 22.7 Å². The maximum atomic E-state index is 13.0. The summed E-state index contributed by atoms with van der Waals surface area (Å²) in [6.45, 7) is -0.179. The molecular formula is C24H17FN2O3. The van der Waals surface area contributed by atoms with Gasteiger partial charge in [0.25, 0.3) is 5.91 Å². The lowest BCUT2D eigenvalue weighted by Crippen LogP contribution is -2.20. The van der Waals surface area contributed by atoms with Crippen LogP contribution in [-0.4, -0.2) is 23.3 Å². The van der Waals surface area contributed by atoms with Gasteiger partial charge in [-0.2, -0.15) is 0 Å². The molecule has 148 valence electrons. The number of fused-ring (bicyclic) bond motifs is 1. The van der Waals surface area contributed by atoms with Crippen LogP contribution in [0.5, 0.6) is 5.75 Å². The third kappa shape index (κ3) is 4.33. The molecule has 4 aromatic rings. The largest absolute Gasteiger partial charge is 0.484 e. The third-order valence-electron chi connectivity index (χ3n) is 4.51. The number of nitrogens with zero attached hydrogens (tertiary/aromatic N) is 1. The molecule has 1 aromatic heterocycles. The average Bonchev–Trinajstić information content (AvgIpc) is 2.78. The fourth-order valence-electron chi connectivity index (χ4n) is 3.02. The molecule has 0 atom stereocenters. The van der Waals surface area contributed by atoms with Crippen molar-refractivity contribution in [2.24, 2.45) is 0 Å². The van der Waals surface area contributed by atoms with Gasteiger partial charge in [-0.3, -0.25) is 14.6 Å². The van der Waals surface area contributed by atoms with Crippen LogP contribution in [0.15, 0.2) is 85.1 Å². The predicted molar refractivity (Wildman–Crippen MR) is 112 cm³/mol. The number of halogens is 1. The smallest absolute Gasteiger partial charge is 0.262 e. The molecule has 0 aliphatic heterocycles. The van der Waals surface area contributed by atoms with Crippen LogP contribution in [0, 0.1) is 5.82 Å². The highest BCUT2D eigenvalue weighted by Crippen LogP contribution is 2.21. The number of hydrogen-bond donors (Lipinski definition) is 1. The number of ketones is 1. The molecule has 1 heterocycles. The lowest BCUT2D eigenvalue weighted by molar-refractivity contribution is -0.118. The fourth-order valence-corrected chi connectivity index (χ4v) is 3.02. The number of hydrogen-bond acceptors (Lipinski definition) is 4. The maximum absolute atomic E-state index is 13.0. The van der Waals surface area contributed by atoms with Crippen molar-refractivity contribution < 1.29 is 18.7 Å². The zero-order valence-electron chi connectivity index (χ0n) is 15.8. The predicted octanol–water partition coefficient (Wildman–Crippen LogP) is 4.62. The zero-order valence-corrected chi connectivity index (χ0v) is 15.8. The van der Waals surface area contributed by atoms with E-state index in [0.717, 1.165) is 10.9 Å². The van der Waals surface area contributed by atoms with Crippen molar-refractivity contribution in [2.45, 2.75) is 0 Å². The zero-order chi connectivity index (χ0) is 20.9. The van der Waals surface area contributed by atoms with E-state index in [1.165, 1.54) is 24.3 Å². The molecule has 5 nitrogen and oxygen atoms in total. The molecule has 1 amide bonds.